The predicted octanol–water partition coefficient (Wildman–Crippen LogP) is 2.95. The Kier molecular flexibility index (Phi) is 6.35. The molecule has 5 heteroatoms. The van der Waals surface area contributed by atoms with Crippen molar-refractivity contribution in [3.63, 3.8) is 0 Å². The van der Waals surface area contributed by atoms with E-state index in [1.54, 1.807) is 6.07 Å². The summed E-state index contributed by atoms with van der Waals surface area (Å²) in [4.78, 5) is 19.2. The summed E-state index contributed by atoms with van der Waals surface area (Å²) in [6.07, 6.45) is 0. The molecule has 0 aliphatic carbocycles. The van der Waals surface area contributed by atoms with Gasteiger partial charge in [0, 0.05) is 38.8 Å². The monoisotopic (exact) mass is 367 g/mol. The molecule has 5 nitrogen and oxygen atoms in total. The highest BCUT2D eigenvalue weighted by Gasteiger charge is 2.24. The van der Waals surface area contributed by atoms with E-state index in [4.69, 9.17) is 0 Å². The van der Waals surface area contributed by atoms with E-state index in [1.807, 2.05) is 41.3 Å². The molecule has 1 aliphatic rings. The van der Waals surface area contributed by atoms with Crippen LogP contribution in [0.3, 0.4) is 0 Å². The molecule has 2 aromatic rings. The third kappa shape index (κ3) is 5.01. The lowest BCUT2D eigenvalue weighted by molar-refractivity contribution is -0.134. The molecule has 0 unspecified atom stereocenters. The zero-order valence-electron chi connectivity index (χ0n) is 16.2. The Labute approximate surface area is 161 Å². The molecule has 0 aromatic heterocycles. The number of carbonyl (C=O) groups is 1. The first-order chi connectivity index (χ1) is 13.0. The van der Waals surface area contributed by atoms with E-state index in [2.05, 4.69) is 35.8 Å². The lowest BCUT2D eigenvalue weighted by atomic mass is 10.2. The molecule has 0 atom stereocenters. The molecule has 2 aromatic carbocycles. The maximum Gasteiger partial charge on any atom is 0.237 e. The molecule has 3 rings (SSSR count). The van der Waals surface area contributed by atoms with E-state index in [0.29, 0.717) is 18.8 Å². The van der Waals surface area contributed by atoms with Gasteiger partial charge in [0.05, 0.1) is 12.2 Å². The van der Waals surface area contributed by atoms with Crippen molar-refractivity contribution in [1.82, 2.24) is 9.80 Å². The van der Waals surface area contributed by atoms with Crippen molar-refractivity contribution in [2.45, 2.75) is 26.4 Å². The van der Waals surface area contributed by atoms with Gasteiger partial charge >= 0.3 is 0 Å². The Hall–Kier alpha value is -2.53. The average Bonchev–Trinajstić information content (AvgIpc) is 2.68. The fourth-order valence-electron chi connectivity index (χ4n) is 3.50. The first-order valence-corrected chi connectivity index (χ1v) is 9.63. The normalized spacial score (nSPS) is 15.1. The van der Waals surface area contributed by atoms with Gasteiger partial charge in [-0.3, -0.25) is 9.69 Å². The van der Waals surface area contributed by atoms with Crippen molar-refractivity contribution < 1.29 is 9.90 Å². The van der Waals surface area contributed by atoms with E-state index >= 15 is 0 Å². The topological polar surface area (TPSA) is 47.0 Å². The van der Waals surface area contributed by atoms with Gasteiger partial charge in [-0.15, -0.1) is 0 Å². The van der Waals surface area contributed by atoms with Crippen LogP contribution >= 0.6 is 0 Å². The standard InChI is InChI=1S/C22H29N3O2/c1-18(2)25(16-19-8-4-3-5-9-19)22(27)17-23-12-14-24(15-13-23)20-10-6-7-11-21(20)26/h3-11,18,26H,12-17H2,1-2H3. The van der Waals surface area contributed by atoms with Gasteiger partial charge in [0.1, 0.15) is 5.75 Å². The zero-order chi connectivity index (χ0) is 19.2. The number of rotatable bonds is 6. The molecule has 1 heterocycles. The lowest BCUT2D eigenvalue weighted by Gasteiger charge is -2.37. The fraction of sp³-hybridized carbons (Fsp3) is 0.409. The highest BCUT2D eigenvalue weighted by atomic mass is 16.3. The van der Waals surface area contributed by atoms with Crippen LogP contribution in [0.4, 0.5) is 5.69 Å². The highest BCUT2D eigenvalue weighted by Crippen LogP contribution is 2.27. The van der Waals surface area contributed by atoms with Crippen LogP contribution in [0, 0.1) is 0 Å². The van der Waals surface area contributed by atoms with Crippen LogP contribution in [-0.2, 0) is 11.3 Å². The summed E-state index contributed by atoms with van der Waals surface area (Å²) in [7, 11) is 0. The number of benzene rings is 2. The van der Waals surface area contributed by atoms with E-state index in [0.717, 1.165) is 37.4 Å². The van der Waals surface area contributed by atoms with Gasteiger partial charge in [0.2, 0.25) is 5.91 Å². The summed E-state index contributed by atoms with van der Waals surface area (Å²) in [5, 5.41) is 10.0. The van der Waals surface area contributed by atoms with Crippen LogP contribution in [0.2, 0.25) is 0 Å². The molecule has 0 radical (unpaired) electrons. The number of phenols is 1. The van der Waals surface area contributed by atoms with E-state index in [-0.39, 0.29) is 11.9 Å². The minimum absolute atomic E-state index is 0.167. The second kappa shape index (κ2) is 8.91. The third-order valence-corrected chi connectivity index (χ3v) is 5.09. The molecule has 1 fully saturated rings. The van der Waals surface area contributed by atoms with Crippen molar-refractivity contribution in [3.8, 4) is 5.75 Å². The SMILES string of the molecule is CC(C)N(Cc1ccccc1)C(=O)CN1CCN(c2ccccc2O)CC1. The van der Waals surface area contributed by atoms with Gasteiger partial charge < -0.3 is 14.9 Å². The van der Waals surface area contributed by atoms with Crippen LogP contribution in [0.1, 0.15) is 19.4 Å². The number of phenolic OH excluding ortho intramolecular Hbond substituents is 1. The van der Waals surface area contributed by atoms with Crippen molar-refractivity contribution >= 4 is 11.6 Å². The first-order valence-electron chi connectivity index (χ1n) is 9.63. The maximum absolute atomic E-state index is 12.9. The van der Waals surface area contributed by atoms with Crippen molar-refractivity contribution in [3.05, 3.63) is 60.2 Å². The van der Waals surface area contributed by atoms with E-state index < -0.39 is 0 Å². The number of carbonyl (C=O) groups excluding carboxylic acids is 1. The molecular formula is C22H29N3O2. The van der Waals surface area contributed by atoms with Gasteiger partial charge in [0.15, 0.2) is 0 Å². The summed E-state index contributed by atoms with van der Waals surface area (Å²) in [6, 6.07) is 17.7. The van der Waals surface area contributed by atoms with Crippen LogP contribution in [0.25, 0.3) is 0 Å². The van der Waals surface area contributed by atoms with Crippen molar-refractivity contribution in [2.75, 3.05) is 37.6 Å². The third-order valence-electron chi connectivity index (χ3n) is 5.09. The molecule has 0 spiro atoms. The minimum atomic E-state index is 0.167. The molecule has 1 aliphatic heterocycles. The average molecular weight is 367 g/mol. The summed E-state index contributed by atoms with van der Waals surface area (Å²) in [6.45, 7) is 8.48. The molecule has 0 saturated carbocycles. The Morgan fingerprint density at radius 2 is 1.63 bits per heavy atom. The minimum Gasteiger partial charge on any atom is -0.506 e. The molecule has 1 saturated heterocycles. The molecule has 1 N–H and O–H groups in total. The van der Waals surface area contributed by atoms with Crippen molar-refractivity contribution in [1.29, 1.82) is 0 Å². The van der Waals surface area contributed by atoms with Crippen LogP contribution in [-0.4, -0.2) is 59.6 Å². The van der Waals surface area contributed by atoms with Gasteiger partial charge in [-0.05, 0) is 31.5 Å². The number of amides is 1. The number of hydrogen-bond donors (Lipinski definition) is 1. The van der Waals surface area contributed by atoms with Gasteiger partial charge in [-0.2, -0.15) is 0 Å². The van der Waals surface area contributed by atoms with Crippen LogP contribution in [0.15, 0.2) is 54.6 Å². The molecular weight excluding hydrogens is 338 g/mol. The zero-order valence-corrected chi connectivity index (χ0v) is 16.2. The molecule has 1 amide bonds. The predicted molar refractivity (Wildman–Crippen MR) is 109 cm³/mol. The van der Waals surface area contributed by atoms with Gasteiger partial charge in [-0.1, -0.05) is 42.5 Å². The number of anilines is 1. The first kappa shape index (κ1) is 19.2. The largest absolute Gasteiger partial charge is 0.506 e. The number of nitrogens with zero attached hydrogens (tertiary/aromatic N) is 3. The summed E-state index contributed by atoms with van der Waals surface area (Å²) < 4.78 is 0. The number of hydrogen-bond acceptors (Lipinski definition) is 4. The van der Waals surface area contributed by atoms with Gasteiger partial charge in [0.25, 0.3) is 0 Å². The molecule has 0 bridgehead atoms. The van der Waals surface area contributed by atoms with Crippen molar-refractivity contribution in [2.24, 2.45) is 0 Å². The summed E-state index contributed by atoms with van der Waals surface area (Å²) in [5.74, 6) is 0.487. The Balaban J connectivity index is 1.55. The van der Waals surface area contributed by atoms with E-state index in [9.17, 15) is 9.90 Å². The quantitative estimate of drug-likeness (QED) is 0.853. The maximum atomic E-state index is 12.9. The smallest absolute Gasteiger partial charge is 0.237 e. The second-order valence-corrected chi connectivity index (χ2v) is 7.35. The molecule has 144 valence electrons. The number of para-hydroxylation sites is 2. The van der Waals surface area contributed by atoms with Crippen LogP contribution in [0.5, 0.6) is 5.75 Å². The Morgan fingerprint density at radius 1 is 1.00 bits per heavy atom. The van der Waals surface area contributed by atoms with E-state index in [1.165, 1.54) is 0 Å². The highest BCUT2D eigenvalue weighted by molar-refractivity contribution is 5.78. The summed E-state index contributed by atoms with van der Waals surface area (Å²) >= 11 is 0. The van der Waals surface area contributed by atoms with Crippen LogP contribution < -0.4 is 4.90 Å². The lowest BCUT2D eigenvalue weighted by Crippen LogP contribution is -2.51. The Bertz CT molecular complexity index is 740. The number of piperazine rings is 1. The fourth-order valence-corrected chi connectivity index (χ4v) is 3.50. The van der Waals surface area contributed by atoms with Gasteiger partial charge in [-0.25, -0.2) is 0 Å². The summed E-state index contributed by atoms with van der Waals surface area (Å²) in [5.41, 5.74) is 2.03. The second-order valence-electron chi connectivity index (χ2n) is 7.35. The number of aromatic hydroxyl groups is 1. The Morgan fingerprint density at radius 3 is 2.26 bits per heavy atom. The molecule has 27 heavy (non-hydrogen) atoms.